The molecule has 1 amide bonds. The number of hydrogen-bond acceptors (Lipinski definition) is 6. The Hall–Kier alpha value is -2.22. The van der Waals surface area contributed by atoms with E-state index in [1.807, 2.05) is 0 Å². The second-order valence-corrected chi connectivity index (χ2v) is 4.37. The molecule has 102 valence electrons. The van der Waals surface area contributed by atoms with Crippen LogP contribution >= 0.6 is 0 Å². The average Bonchev–Trinajstić information content (AvgIpc) is 3.18. The summed E-state index contributed by atoms with van der Waals surface area (Å²) in [7, 11) is 0. The number of nitrogens with one attached hydrogen (secondary N) is 2. The zero-order valence-corrected chi connectivity index (χ0v) is 10.3. The molecule has 2 rings (SSSR count). The van der Waals surface area contributed by atoms with Crippen molar-refractivity contribution >= 4 is 17.4 Å². The van der Waals surface area contributed by atoms with Crippen LogP contribution in [-0.2, 0) is 0 Å². The Bertz CT molecular complexity index is 501. The number of aromatic nitrogens is 1. The molecule has 0 unspecified atom stereocenters. The molecule has 8 heteroatoms. The number of nitro groups is 1. The number of carbonyl (C=O) groups excluding carboxylic acids is 1. The van der Waals surface area contributed by atoms with Crippen molar-refractivity contribution in [1.29, 1.82) is 0 Å². The zero-order valence-electron chi connectivity index (χ0n) is 10.3. The lowest BCUT2D eigenvalue weighted by Gasteiger charge is -2.09. The van der Waals surface area contributed by atoms with E-state index in [0.717, 1.165) is 18.8 Å². The Morgan fingerprint density at radius 1 is 1.53 bits per heavy atom. The third kappa shape index (κ3) is 3.62. The van der Waals surface area contributed by atoms with Crippen molar-refractivity contribution in [3.8, 4) is 0 Å². The fourth-order valence-electron chi connectivity index (χ4n) is 1.63. The molecule has 19 heavy (non-hydrogen) atoms. The van der Waals surface area contributed by atoms with Crippen molar-refractivity contribution < 1.29 is 9.72 Å². The van der Waals surface area contributed by atoms with Gasteiger partial charge in [-0.05, 0) is 12.8 Å². The molecule has 0 radical (unpaired) electrons. The molecule has 1 fully saturated rings. The highest BCUT2D eigenvalue weighted by atomic mass is 16.6. The first-order valence-corrected chi connectivity index (χ1v) is 5.99. The smallest absolute Gasteiger partial charge is 0.288 e. The largest absolute Gasteiger partial charge is 0.368 e. The quantitative estimate of drug-likeness (QED) is 0.369. The predicted molar refractivity (Wildman–Crippen MR) is 68.9 cm³/mol. The van der Waals surface area contributed by atoms with Gasteiger partial charge in [0.1, 0.15) is 12.0 Å². The number of nitrogens with two attached hydrogens (primary N) is 1. The molecule has 1 aromatic rings. The topological polar surface area (TPSA) is 123 Å². The lowest BCUT2D eigenvalue weighted by atomic mass is 10.2. The number of primary amides is 1. The molecule has 1 heterocycles. The molecule has 8 nitrogen and oxygen atoms in total. The maximum Gasteiger partial charge on any atom is 0.288 e. The molecular formula is C11H15N5O3. The maximum atomic E-state index is 11.3. The van der Waals surface area contributed by atoms with E-state index in [1.54, 1.807) is 0 Å². The second kappa shape index (κ2) is 5.61. The van der Waals surface area contributed by atoms with Gasteiger partial charge in [0.15, 0.2) is 0 Å². The Kier molecular flexibility index (Phi) is 3.91. The molecule has 4 N–H and O–H groups in total. The number of anilines is 1. The Labute approximate surface area is 109 Å². The van der Waals surface area contributed by atoms with Gasteiger partial charge in [-0.1, -0.05) is 0 Å². The molecule has 0 bridgehead atoms. The fraction of sp³-hybridized carbons (Fsp3) is 0.455. The highest BCUT2D eigenvalue weighted by molar-refractivity contribution is 5.98. The summed E-state index contributed by atoms with van der Waals surface area (Å²) in [4.78, 5) is 25.1. The third-order valence-electron chi connectivity index (χ3n) is 2.78. The van der Waals surface area contributed by atoms with Crippen molar-refractivity contribution in [3.05, 3.63) is 27.9 Å². The summed E-state index contributed by atoms with van der Waals surface area (Å²) < 4.78 is 0. The summed E-state index contributed by atoms with van der Waals surface area (Å²) in [5.41, 5.74) is 4.96. The van der Waals surface area contributed by atoms with Gasteiger partial charge in [-0.25, -0.2) is 4.98 Å². The number of hydrogen-bond donors (Lipinski definition) is 3. The van der Waals surface area contributed by atoms with E-state index >= 15 is 0 Å². The molecule has 0 saturated heterocycles. The van der Waals surface area contributed by atoms with Crippen LogP contribution in [0.25, 0.3) is 0 Å². The van der Waals surface area contributed by atoms with E-state index in [9.17, 15) is 14.9 Å². The zero-order chi connectivity index (χ0) is 13.8. The highest BCUT2D eigenvalue weighted by Gasteiger charge is 2.20. The maximum absolute atomic E-state index is 11.3. The second-order valence-electron chi connectivity index (χ2n) is 4.37. The predicted octanol–water partition coefficient (Wildman–Crippen LogP) is 0.253. The van der Waals surface area contributed by atoms with E-state index in [4.69, 9.17) is 5.73 Å². The summed E-state index contributed by atoms with van der Waals surface area (Å²) in [6.07, 6.45) is 3.49. The number of carbonyl (C=O) groups is 1. The normalized spacial score (nSPS) is 14.1. The lowest BCUT2D eigenvalue weighted by molar-refractivity contribution is -0.385. The van der Waals surface area contributed by atoms with Crippen LogP contribution in [0, 0.1) is 10.1 Å². The van der Waals surface area contributed by atoms with Gasteiger partial charge in [-0.15, -0.1) is 0 Å². The summed E-state index contributed by atoms with van der Waals surface area (Å²) in [6.45, 7) is 1.31. The number of pyridine rings is 1. The number of nitrogens with zero attached hydrogens (tertiary/aromatic N) is 2. The molecule has 0 aliphatic heterocycles. The van der Waals surface area contributed by atoms with Crippen molar-refractivity contribution in [2.75, 3.05) is 18.4 Å². The highest BCUT2D eigenvalue weighted by Crippen LogP contribution is 2.19. The minimum absolute atomic E-state index is 0.0284. The van der Waals surface area contributed by atoms with E-state index in [0.29, 0.717) is 12.6 Å². The van der Waals surface area contributed by atoms with Crippen LogP contribution in [0.1, 0.15) is 23.2 Å². The van der Waals surface area contributed by atoms with Crippen LogP contribution in [0.2, 0.25) is 0 Å². The standard InChI is InChI=1S/C11H15N5O3/c12-10(17)9-5-8(16(18)19)6-15-11(9)14-4-3-13-7-1-2-7/h5-7,13H,1-4H2,(H2,12,17)(H,14,15). The van der Waals surface area contributed by atoms with Gasteiger partial charge in [0, 0.05) is 25.2 Å². The summed E-state index contributed by atoms with van der Waals surface area (Å²) in [5.74, 6) is -0.468. The van der Waals surface area contributed by atoms with E-state index in [-0.39, 0.29) is 17.1 Å². The van der Waals surface area contributed by atoms with Gasteiger partial charge in [-0.2, -0.15) is 0 Å². The van der Waals surface area contributed by atoms with Crippen molar-refractivity contribution in [2.24, 2.45) is 5.73 Å². The Morgan fingerprint density at radius 3 is 2.84 bits per heavy atom. The van der Waals surface area contributed by atoms with Crippen LogP contribution in [0.3, 0.4) is 0 Å². The van der Waals surface area contributed by atoms with Gasteiger partial charge >= 0.3 is 0 Å². The number of rotatable bonds is 7. The molecule has 0 aromatic carbocycles. The molecule has 0 atom stereocenters. The average molecular weight is 265 g/mol. The minimum Gasteiger partial charge on any atom is -0.368 e. The molecule has 1 aliphatic rings. The monoisotopic (exact) mass is 265 g/mol. The van der Waals surface area contributed by atoms with E-state index < -0.39 is 10.8 Å². The summed E-state index contributed by atoms with van der Waals surface area (Å²) >= 11 is 0. The first kappa shape index (κ1) is 13.2. The van der Waals surface area contributed by atoms with Crippen LogP contribution < -0.4 is 16.4 Å². The van der Waals surface area contributed by atoms with E-state index in [2.05, 4.69) is 15.6 Å². The molecule has 1 aromatic heterocycles. The first-order valence-electron chi connectivity index (χ1n) is 5.99. The third-order valence-corrected chi connectivity index (χ3v) is 2.78. The summed E-state index contributed by atoms with van der Waals surface area (Å²) in [5, 5.41) is 16.8. The molecule has 1 aliphatic carbocycles. The summed E-state index contributed by atoms with van der Waals surface area (Å²) in [6, 6.07) is 1.73. The lowest BCUT2D eigenvalue weighted by Crippen LogP contribution is -2.25. The number of amides is 1. The van der Waals surface area contributed by atoms with Gasteiger partial charge < -0.3 is 16.4 Å². The first-order chi connectivity index (χ1) is 9.08. The van der Waals surface area contributed by atoms with Gasteiger partial charge in [0.2, 0.25) is 0 Å². The van der Waals surface area contributed by atoms with Gasteiger partial charge in [0.25, 0.3) is 11.6 Å². The molecule has 0 spiro atoms. The van der Waals surface area contributed by atoms with Crippen molar-refractivity contribution in [2.45, 2.75) is 18.9 Å². The van der Waals surface area contributed by atoms with Crippen LogP contribution in [0.15, 0.2) is 12.3 Å². The Morgan fingerprint density at radius 2 is 2.26 bits per heavy atom. The van der Waals surface area contributed by atoms with Crippen LogP contribution in [0.4, 0.5) is 11.5 Å². The molecular weight excluding hydrogens is 250 g/mol. The molecule has 1 saturated carbocycles. The van der Waals surface area contributed by atoms with Gasteiger partial charge in [0.05, 0.1) is 10.5 Å². The minimum atomic E-state index is -0.742. The van der Waals surface area contributed by atoms with Crippen molar-refractivity contribution in [3.63, 3.8) is 0 Å². The van der Waals surface area contributed by atoms with Crippen LogP contribution in [-0.4, -0.2) is 34.9 Å². The van der Waals surface area contributed by atoms with Gasteiger partial charge in [-0.3, -0.25) is 14.9 Å². The van der Waals surface area contributed by atoms with E-state index in [1.165, 1.54) is 12.8 Å². The van der Waals surface area contributed by atoms with Crippen molar-refractivity contribution in [1.82, 2.24) is 10.3 Å². The van der Waals surface area contributed by atoms with Crippen LogP contribution in [0.5, 0.6) is 0 Å². The Balaban J connectivity index is 2.00. The SMILES string of the molecule is NC(=O)c1cc([N+](=O)[O-])cnc1NCCNC1CC1. The fourth-order valence-corrected chi connectivity index (χ4v) is 1.63.